The van der Waals surface area contributed by atoms with Crippen molar-refractivity contribution in [2.24, 2.45) is 0 Å². The number of allylic oxidation sites excluding steroid dienone is 2. The predicted octanol–water partition coefficient (Wildman–Crippen LogP) is 6.89. The van der Waals surface area contributed by atoms with Gasteiger partial charge in [0.25, 0.3) is 0 Å². The van der Waals surface area contributed by atoms with E-state index >= 15 is 0 Å². The second-order valence-electron chi connectivity index (χ2n) is 8.31. The fourth-order valence-electron chi connectivity index (χ4n) is 3.57. The molecule has 172 valence electrons. The summed E-state index contributed by atoms with van der Waals surface area (Å²) in [4.78, 5) is 0. The van der Waals surface area contributed by atoms with Crippen molar-refractivity contribution in [2.45, 2.75) is 13.8 Å². The average Bonchev–Trinajstić information content (AvgIpc) is 3.54. The van der Waals surface area contributed by atoms with Gasteiger partial charge in [-0.3, -0.25) is 0 Å². The zero-order valence-electron chi connectivity index (χ0n) is 19.3. The molecule has 5 rings (SSSR count). The lowest BCUT2D eigenvalue weighted by Crippen LogP contribution is -1.83. The van der Waals surface area contributed by atoms with E-state index in [2.05, 4.69) is 33.6 Å². The van der Waals surface area contributed by atoms with Crippen LogP contribution in [0, 0.1) is 0 Å². The highest BCUT2D eigenvalue weighted by Gasteiger charge is 2.16. The minimum absolute atomic E-state index is 0.00798. The van der Waals surface area contributed by atoms with E-state index in [0.29, 0.717) is 22.9 Å². The minimum atomic E-state index is 0.00798. The van der Waals surface area contributed by atoms with Crippen molar-refractivity contribution in [1.29, 1.82) is 0 Å². The minimum Gasteiger partial charge on any atom is -0.508 e. The number of hydrogen-bond acceptors (Lipinski definition) is 7. The van der Waals surface area contributed by atoms with Gasteiger partial charge >= 0.3 is 0 Å². The first-order valence-corrected chi connectivity index (χ1v) is 10.9. The Morgan fingerprint density at radius 2 is 0.914 bits per heavy atom. The largest absolute Gasteiger partial charge is 0.508 e. The molecular weight excluding hydrogens is 440 g/mol. The van der Waals surface area contributed by atoms with Crippen LogP contribution in [0.1, 0.15) is 25.0 Å². The Bertz CT molecular complexity index is 1430. The Labute approximate surface area is 202 Å². The molecule has 0 fully saturated rings. The topological polar surface area (TPSA) is 98.1 Å². The molecule has 0 spiro atoms. The highest BCUT2D eigenvalue weighted by molar-refractivity contribution is 5.70. The molecule has 0 saturated heterocycles. The number of aromatic nitrogens is 4. The number of rotatable bonds is 6. The van der Waals surface area contributed by atoms with Gasteiger partial charge in [0.1, 0.15) is 5.75 Å². The van der Waals surface area contributed by atoms with Crippen LogP contribution in [0.5, 0.6) is 5.75 Å². The molecule has 0 aliphatic heterocycles. The molecule has 0 radical (unpaired) electrons. The van der Waals surface area contributed by atoms with Gasteiger partial charge in [0, 0.05) is 22.3 Å². The molecule has 0 aliphatic carbocycles. The van der Waals surface area contributed by atoms with E-state index in [4.69, 9.17) is 8.83 Å². The van der Waals surface area contributed by atoms with E-state index in [0.717, 1.165) is 33.4 Å². The quantitative estimate of drug-likeness (QED) is 0.293. The van der Waals surface area contributed by atoms with Gasteiger partial charge in [-0.25, -0.2) is 0 Å². The zero-order chi connectivity index (χ0) is 24.5. The molecule has 3 aromatic carbocycles. The summed E-state index contributed by atoms with van der Waals surface area (Å²) in [5.41, 5.74) is 6.66. The van der Waals surface area contributed by atoms with Crippen molar-refractivity contribution in [3.05, 3.63) is 91.0 Å². The molecule has 7 nitrogen and oxygen atoms in total. The lowest BCUT2D eigenvalue weighted by atomic mass is 10.1. The number of phenols is 1. The van der Waals surface area contributed by atoms with Crippen LogP contribution < -0.4 is 0 Å². The van der Waals surface area contributed by atoms with Crippen LogP contribution in [0.4, 0.5) is 0 Å². The monoisotopic (exact) mass is 462 g/mol. The standard InChI is InChI=1S/C28H22N4O3/c1-16(2)18-5-9-20(10-6-18)25-29-31-27(34-25)22-13-23(15-24(33)14-22)28-32-30-26(35-28)21-11-7-19(8-12-21)17(3)4/h5-15,33H,1,3H2,2,4H3. The smallest absolute Gasteiger partial charge is 0.248 e. The summed E-state index contributed by atoms with van der Waals surface area (Å²) in [6, 6.07) is 20.2. The normalized spacial score (nSPS) is 10.9. The summed E-state index contributed by atoms with van der Waals surface area (Å²) < 4.78 is 11.8. The van der Waals surface area contributed by atoms with Crippen molar-refractivity contribution in [3.8, 4) is 51.6 Å². The van der Waals surface area contributed by atoms with Crippen molar-refractivity contribution in [2.75, 3.05) is 0 Å². The molecule has 0 atom stereocenters. The Kier molecular flexibility index (Phi) is 5.58. The molecule has 35 heavy (non-hydrogen) atoms. The third-order valence-corrected chi connectivity index (χ3v) is 5.51. The van der Waals surface area contributed by atoms with Crippen molar-refractivity contribution in [3.63, 3.8) is 0 Å². The lowest BCUT2D eigenvalue weighted by Gasteiger charge is -2.02. The van der Waals surface area contributed by atoms with Crippen LogP contribution >= 0.6 is 0 Å². The molecule has 0 aliphatic rings. The third kappa shape index (κ3) is 4.52. The van der Waals surface area contributed by atoms with Gasteiger partial charge in [0.15, 0.2) is 0 Å². The maximum Gasteiger partial charge on any atom is 0.248 e. The molecule has 0 saturated carbocycles. The van der Waals surface area contributed by atoms with Crippen LogP contribution in [0.25, 0.3) is 57.0 Å². The van der Waals surface area contributed by atoms with E-state index in [-0.39, 0.29) is 17.5 Å². The Balaban J connectivity index is 1.43. The molecule has 5 aromatic rings. The van der Waals surface area contributed by atoms with Gasteiger partial charge in [0.2, 0.25) is 23.6 Å². The molecular formula is C28H22N4O3. The third-order valence-electron chi connectivity index (χ3n) is 5.51. The maximum atomic E-state index is 10.3. The van der Waals surface area contributed by atoms with Crippen LogP contribution in [-0.4, -0.2) is 25.5 Å². The zero-order valence-corrected chi connectivity index (χ0v) is 19.3. The van der Waals surface area contributed by atoms with E-state index in [1.807, 2.05) is 62.4 Å². The maximum absolute atomic E-state index is 10.3. The predicted molar refractivity (Wildman–Crippen MR) is 135 cm³/mol. The fourth-order valence-corrected chi connectivity index (χ4v) is 3.57. The van der Waals surface area contributed by atoms with E-state index < -0.39 is 0 Å². The number of phenolic OH excluding ortho intramolecular Hbond substituents is 1. The van der Waals surface area contributed by atoms with Gasteiger partial charge in [-0.1, -0.05) is 48.6 Å². The molecule has 0 bridgehead atoms. The van der Waals surface area contributed by atoms with Crippen molar-refractivity contribution < 1.29 is 13.9 Å². The van der Waals surface area contributed by atoms with Gasteiger partial charge in [-0.05, 0) is 67.4 Å². The lowest BCUT2D eigenvalue weighted by molar-refractivity contribution is 0.474. The molecule has 2 aromatic heterocycles. The average molecular weight is 463 g/mol. The first kappa shape index (κ1) is 22.0. The van der Waals surface area contributed by atoms with Crippen molar-refractivity contribution >= 4 is 11.1 Å². The summed E-state index contributed by atoms with van der Waals surface area (Å²) in [6.45, 7) is 11.8. The van der Waals surface area contributed by atoms with Gasteiger partial charge in [-0.2, -0.15) is 0 Å². The fraction of sp³-hybridized carbons (Fsp3) is 0.0714. The van der Waals surface area contributed by atoms with E-state index in [9.17, 15) is 5.11 Å². The summed E-state index contributed by atoms with van der Waals surface area (Å²) >= 11 is 0. The van der Waals surface area contributed by atoms with E-state index in [1.165, 1.54) is 0 Å². The number of nitrogens with zero attached hydrogens (tertiary/aromatic N) is 4. The first-order chi connectivity index (χ1) is 16.9. The van der Waals surface area contributed by atoms with Gasteiger partial charge in [0.05, 0.1) is 0 Å². The first-order valence-electron chi connectivity index (χ1n) is 10.9. The Morgan fingerprint density at radius 1 is 0.571 bits per heavy atom. The van der Waals surface area contributed by atoms with Crippen molar-refractivity contribution in [1.82, 2.24) is 20.4 Å². The second kappa shape index (κ2) is 8.87. The van der Waals surface area contributed by atoms with Gasteiger partial charge < -0.3 is 13.9 Å². The van der Waals surface area contributed by atoms with Crippen LogP contribution in [0.2, 0.25) is 0 Å². The molecule has 1 N–H and O–H groups in total. The summed E-state index contributed by atoms with van der Waals surface area (Å²) in [7, 11) is 0. The van der Waals surface area contributed by atoms with Crippen LogP contribution in [0.3, 0.4) is 0 Å². The van der Waals surface area contributed by atoms with E-state index in [1.54, 1.807) is 18.2 Å². The Morgan fingerprint density at radius 3 is 1.26 bits per heavy atom. The highest BCUT2D eigenvalue weighted by atomic mass is 16.4. The Hall–Kier alpha value is -4.78. The summed E-state index contributed by atoms with van der Waals surface area (Å²) in [6.07, 6.45) is 0. The van der Waals surface area contributed by atoms with Gasteiger partial charge in [-0.15, -0.1) is 20.4 Å². The number of hydrogen-bond donors (Lipinski definition) is 1. The van der Waals surface area contributed by atoms with Crippen LogP contribution in [-0.2, 0) is 0 Å². The number of aromatic hydroxyl groups is 1. The molecule has 7 heteroatoms. The second-order valence-corrected chi connectivity index (χ2v) is 8.31. The SMILES string of the molecule is C=C(C)c1ccc(-c2nnc(-c3cc(O)cc(-c4nnc(-c5ccc(C(=C)C)cc5)o4)c3)o2)cc1. The molecule has 0 amide bonds. The molecule has 2 heterocycles. The summed E-state index contributed by atoms with van der Waals surface area (Å²) in [5, 5.41) is 26.9. The highest BCUT2D eigenvalue weighted by Crippen LogP contribution is 2.33. The number of benzene rings is 3. The summed E-state index contributed by atoms with van der Waals surface area (Å²) in [5.74, 6) is 1.27. The molecule has 0 unspecified atom stereocenters. The van der Waals surface area contributed by atoms with Crippen LogP contribution in [0.15, 0.2) is 88.7 Å².